The van der Waals surface area contributed by atoms with Crippen LogP contribution in [0.3, 0.4) is 0 Å². The van der Waals surface area contributed by atoms with E-state index in [9.17, 15) is 10.1 Å². The van der Waals surface area contributed by atoms with Crippen molar-refractivity contribution >= 4 is 34.0 Å². The number of allylic oxidation sites excluding steroid dienone is 1. The maximum Gasteiger partial charge on any atom is 0.235 e. The molecule has 7 nitrogen and oxygen atoms in total. The Morgan fingerprint density at radius 3 is 2.63 bits per heavy atom. The zero-order valence-electron chi connectivity index (χ0n) is 25.0. The first-order chi connectivity index (χ1) is 19.5. The van der Waals surface area contributed by atoms with Crippen LogP contribution in [0.2, 0.25) is 0 Å². The number of anilines is 1. The molecule has 1 atom stereocenters. The minimum absolute atomic E-state index is 0.0784. The Balaban J connectivity index is 1.39. The molecular formula is C32H41N5O2S2. The van der Waals surface area contributed by atoms with Crippen LogP contribution in [-0.4, -0.2) is 26.4 Å². The molecule has 1 N–H and O–H groups in total. The van der Waals surface area contributed by atoms with Gasteiger partial charge in [-0.3, -0.25) is 9.36 Å². The van der Waals surface area contributed by atoms with Crippen LogP contribution in [-0.2, 0) is 36.2 Å². The largest absolute Gasteiger partial charge is 0.486 e. The molecule has 0 saturated heterocycles. The van der Waals surface area contributed by atoms with Gasteiger partial charge in [-0.05, 0) is 59.3 Å². The van der Waals surface area contributed by atoms with E-state index in [2.05, 4.69) is 81.8 Å². The molecule has 2 aromatic heterocycles. The zero-order valence-corrected chi connectivity index (χ0v) is 26.7. The topological polar surface area (TPSA) is 92.8 Å². The van der Waals surface area contributed by atoms with Gasteiger partial charge < -0.3 is 10.1 Å². The third kappa shape index (κ3) is 7.22. The Morgan fingerprint density at radius 1 is 1.27 bits per heavy atom. The van der Waals surface area contributed by atoms with E-state index in [1.54, 1.807) is 17.4 Å². The highest BCUT2D eigenvalue weighted by atomic mass is 32.2. The van der Waals surface area contributed by atoms with Crippen LogP contribution in [0.15, 0.2) is 42.1 Å². The number of fused-ring (bicyclic) bond motifs is 1. The summed E-state index contributed by atoms with van der Waals surface area (Å²) in [4.78, 5) is 14.2. The second-order valence-electron chi connectivity index (χ2n) is 12.3. The molecule has 0 bridgehead atoms. The molecular weight excluding hydrogens is 551 g/mol. The summed E-state index contributed by atoms with van der Waals surface area (Å²) in [5.74, 6) is 2.00. The zero-order chi connectivity index (χ0) is 29.8. The molecule has 1 aromatic carbocycles. The van der Waals surface area contributed by atoms with Crippen LogP contribution in [0, 0.1) is 22.7 Å². The standard InChI is InChI=1S/C32H41N5O2S2/c1-8-16-37-27(19-39-23-13-10-21(11-14-23)31(3,4)5)35-36-30(37)40-20-28(38)34-29-25(18-33)24-15-12-22(17-26(24)41-29)32(6,7)9-2/h8,10-11,13-14,22H,1,9,12,15-17,19-20H2,2-7H3,(H,34,38). The van der Waals surface area contributed by atoms with Gasteiger partial charge in [0.25, 0.3) is 0 Å². The molecule has 0 saturated carbocycles. The second-order valence-corrected chi connectivity index (χ2v) is 14.3. The lowest BCUT2D eigenvalue weighted by Gasteiger charge is -2.36. The number of ether oxygens (including phenoxy) is 1. The summed E-state index contributed by atoms with van der Waals surface area (Å²) in [5.41, 5.74) is 3.32. The summed E-state index contributed by atoms with van der Waals surface area (Å²) in [6.45, 7) is 18.1. The summed E-state index contributed by atoms with van der Waals surface area (Å²) in [6.07, 6.45) is 5.84. The number of hydrogen-bond acceptors (Lipinski definition) is 7. The number of nitrogens with zero attached hydrogens (tertiary/aromatic N) is 4. The van der Waals surface area contributed by atoms with E-state index in [-0.39, 0.29) is 29.1 Å². The van der Waals surface area contributed by atoms with Gasteiger partial charge in [0.2, 0.25) is 5.91 Å². The van der Waals surface area contributed by atoms with Crippen molar-refractivity contribution < 1.29 is 9.53 Å². The number of aromatic nitrogens is 3. The fourth-order valence-corrected chi connectivity index (χ4v) is 7.15. The summed E-state index contributed by atoms with van der Waals surface area (Å²) < 4.78 is 7.90. The molecule has 3 aromatic rings. The fraction of sp³-hybridized carbons (Fsp3) is 0.500. The molecule has 0 fully saturated rings. The molecule has 0 radical (unpaired) electrons. The van der Waals surface area contributed by atoms with E-state index in [0.717, 1.165) is 37.0 Å². The number of nitrogens with one attached hydrogen (secondary N) is 1. The lowest BCUT2D eigenvalue weighted by Crippen LogP contribution is -2.28. The molecule has 2 heterocycles. The Kier molecular flexibility index (Phi) is 9.66. The number of hydrogen-bond donors (Lipinski definition) is 1. The van der Waals surface area contributed by atoms with Crippen molar-refractivity contribution in [2.24, 2.45) is 11.3 Å². The molecule has 41 heavy (non-hydrogen) atoms. The number of carbonyl (C=O) groups is 1. The lowest BCUT2D eigenvalue weighted by atomic mass is 9.69. The number of nitriles is 1. The molecule has 0 spiro atoms. The van der Waals surface area contributed by atoms with Gasteiger partial charge in [0.1, 0.15) is 23.4 Å². The molecule has 4 rings (SSSR count). The van der Waals surface area contributed by atoms with Gasteiger partial charge >= 0.3 is 0 Å². The molecule has 1 aliphatic rings. The average molecular weight is 592 g/mol. The van der Waals surface area contributed by atoms with Crippen molar-refractivity contribution in [1.82, 2.24) is 14.8 Å². The van der Waals surface area contributed by atoms with Crippen LogP contribution in [0.1, 0.15) is 81.8 Å². The van der Waals surface area contributed by atoms with E-state index in [0.29, 0.717) is 34.0 Å². The van der Waals surface area contributed by atoms with Crippen molar-refractivity contribution in [2.45, 2.75) is 90.9 Å². The van der Waals surface area contributed by atoms with E-state index >= 15 is 0 Å². The first-order valence-corrected chi connectivity index (χ1v) is 16.0. The Morgan fingerprint density at radius 2 is 2.00 bits per heavy atom. The molecule has 0 aliphatic heterocycles. The van der Waals surface area contributed by atoms with Gasteiger partial charge in [0, 0.05) is 11.4 Å². The minimum atomic E-state index is -0.166. The quantitative estimate of drug-likeness (QED) is 0.183. The maximum absolute atomic E-state index is 13.0. The summed E-state index contributed by atoms with van der Waals surface area (Å²) >= 11 is 2.87. The van der Waals surface area contributed by atoms with Crippen molar-refractivity contribution in [3.05, 3.63) is 64.3 Å². The smallest absolute Gasteiger partial charge is 0.235 e. The highest BCUT2D eigenvalue weighted by molar-refractivity contribution is 7.99. The second kappa shape index (κ2) is 12.8. The van der Waals surface area contributed by atoms with Crippen LogP contribution in [0.4, 0.5) is 5.00 Å². The number of carbonyl (C=O) groups excluding carboxylic acids is 1. The highest BCUT2D eigenvalue weighted by Crippen LogP contribution is 2.45. The molecule has 9 heteroatoms. The minimum Gasteiger partial charge on any atom is -0.486 e. The monoisotopic (exact) mass is 591 g/mol. The fourth-order valence-electron chi connectivity index (χ4n) is 5.08. The van der Waals surface area contributed by atoms with Crippen LogP contribution >= 0.6 is 23.1 Å². The van der Waals surface area contributed by atoms with E-state index < -0.39 is 0 Å². The Bertz CT molecular complexity index is 1420. The SMILES string of the molecule is C=CCn1c(COc2ccc(C(C)(C)C)cc2)nnc1SCC(=O)Nc1sc2c(c1C#N)CCC(C(C)(C)CC)C2. The van der Waals surface area contributed by atoms with Crippen LogP contribution in [0.5, 0.6) is 5.75 Å². The number of thioether (sulfide) groups is 1. The Labute approximate surface area is 252 Å². The predicted octanol–water partition coefficient (Wildman–Crippen LogP) is 7.55. The first kappa shape index (κ1) is 30.9. The summed E-state index contributed by atoms with van der Waals surface area (Å²) in [5, 5.41) is 22.8. The third-order valence-electron chi connectivity index (χ3n) is 8.17. The van der Waals surface area contributed by atoms with Gasteiger partial charge in [-0.2, -0.15) is 5.26 Å². The number of rotatable bonds is 11. The van der Waals surface area contributed by atoms with Crippen molar-refractivity contribution in [2.75, 3.05) is 11.1 Å². The third-order valence-corrected chi connectivity index (χ3v) is 10.3. The molecule has 1 unspecified atom stereocenters. The number of amides is 1. The van der Waals surface area contributed by atoms with Crippen molar-refractivity contribution in [1.29, 1.82) is 5.26 Å². The normalized spacial score (nSPS) is 15.2. The van der Waals surface area contributed by atoms with Gasteiger partial charge in [0.05, 0.1) is 11.3 Å². The Hall–Kier alpha value is -3.09. The van der Waals surface area contributed by atoms with Gasteiger partial charge in [-0.25, -0.2) is 0 Å². The average Bonchev–Trinajstić information content (AvgIpc) is 3.49. The van der Waals surface area contributed by atoms with E-state index in [1.165, 1.54) is 22.2 Å². The van der Waals surface area contributed by atoms with E-state index in [4.69, 9.17) is 4.74 Å². The number of thiophene rings is 1. The van der Waals surface area contributed by atoms with Gasteiger partial charge in [-0.15, -0.1) is 28.1 Å². The summed E-state index contributed by atoms with van der Waals surface area (Å²) in [6, 6.07) is 10.5. The molecule has 1 aliphatic carbocycles. The first-order valence-electron chi connectivity index (χ1n) is 14.2. The maximum atomic E-state index is 13.0. The highest BCUT2D eigenvalue weighted by Gasteiger charge is 2.34. The van der Waals surface area contributed by atoms with Gasteiger partial charge in [0.15, 0.2) is 11.0 Å². The van der Waals surface area contributed by atoms with Crippen LogP contribution in [0.25, 0.3) is 0 Å². The van der Waals surface area contributed by atoms with Crippen molar-refractivity contribution in [3.63, 3.8) is 0 Å². The summed E-state index contributed by atoms with van der Waals surface area (Å²) in [7, 11) is 0. The molecule has 218 valence electrons. The van der Waals surface area contributed by atoms with Gasteiger partial charge in [-0.1, -0.05) is 77.9 Å². The predicted molar refractivity (Wildman–Crippen MR) is 168 cm³/mol. The molecule has 1 amide bonds. The van der Waals surface area contributed by atoms with Crippen LogP contribution < -0.4 is 10.1 Å². The lowest BCUT2D eigenvalue weighted by molar-refractivity contribution is -0.113. The van der Waals surface area contributed by atoms with Crippen molar-refractivity contribution in [3.8, 4) is 11.8 Å². The van der Waals surface area contributed by atoms with E-state index in [1.807, 2.05) is 16.7 Å². The number of benzene rings is 1.